The lowest BCUT2D eigenvalue weighted by Crippen LogP contribution is -2.53. The van der Waals surface area contributed by atoms with Crippen molar-refractivity contribution < 1.29 is 19.1 Å². The Morgan fingerprint density at radius 2 is 1.95 bits per heavy atom. The lowest BCUT2D eigenvalue weighted by atomic mass is 9.98. The molecule has 0 heterocycles. The van der Waals surface area contributed by atoms with Gasteiger partial charge in [-0.1, -0.05) is 39.3 Å². The van der Waals surface area contributed by atoms with Crippen LogP contribution in [-0.2, 0) is 14.3 Å². The van der Waals surface area contributed by atoms with Crippen molar-refractivity contribution in [1.82, 2.24) is 5.32 Å². The van der Waals surface area contributed by atoms with Crippen LogP contribution >= 0.6 is 0 Å². The second kappa shape index (κ2) is 8.70. The van der Waals surface area contributed by atoms with Crippen molar-refractivity contribution in [3.05, 3.63) is 12.7 Å². The van der Waals surface area contributed by atoms with E-state index < -0.39 is 11.6 Å². The van der Waals surface area contributed by atoms with Gasteiger partial charge >= 0.3 is 12.1 Å². The van der Waals surface area contributed by atoms with E-state index in [2.05, 4.69) is 25.7 Å². The molecule has 1 amide bonds. The van der Waals surface area contributed by atoms with Crippen LogP contribution in [-0.4, -0.2) is 30.8 Å². The van der Waals surface area contributed by atoms with Gasteiger partial charge in [-0.3, -0.25) is 0 Å². The first kappa shape index (κ1) is 17.5. The SMILES string of the molecule is C=CCOC(=O)NC1(C(=O)OCCCC(C)C)CCCC1. The minimum atomic E-state index is -0.907. The van der Waals surface area contributed by atoms with Gasteiger partial charge in [0.2, 0.25) is 0 Å². The molecule has 0 radical (unpaired) electrons. The summed E-state index contributed by atoms with van der Waals surface area (Å²) in [7, 11) is 0. The maximum absolute atomic E-state index is 12.3. The molecule has 5 heteroatoms. The molecule has 0 spiro atoms. The number of rotatable bonds is 8. The number of carbonyl (C=O) groups is 2. The van der Waals surface area contributed by atoms with Crippen LogP contribution in [0.5, 0.6) is 0 Å². The molecule has 0 unspecified atom stereocenters. The fourth-order valence-electron chi connectivity index (χ4n) is 2.52. The lowest BCUT2D eigenvalue weighted by Gasteiger charge is -2.27. The molecular formula is C16H27NO4. The third-order valence-electron chi connectivity index (χ3n) is 3.68. The predicted octanol–water partition coefficient (Wildman–Crippen LogP) is 3.19. The molecule has 0 bridgehead atoms. The molecule has 0 atom stereocenters. The van der Waals surface area contributed by atoms with Gasteiger partial charge < -0.3 is 14.8 Å². The molecule has 0 saturated heterocycles. The van der Waals surface area contributed by atoms with Gasteiger partial charge in [0.25, 0.3) is 0 Å². The van der Waals surface area contributed by atoms with Crippen LogP contribution in [0.3, 0.4) is 0 Å². The van der Waals surface area contributed by atoms with E-state index in [-0.39, 0.29) is 12.6 Å². The summed E-state index contributed by atoms with van der Waals surface area (Å²) in [5.41, 5.74) is -0.907. The summed E-state index contributed by atoms with van der Waals surface area (Å²) < 4.78 is 10.3. The number of esters is 1. The maximum Gasteiger partial charge on any atom is 0.408 e. The van der Waals surface area contributed by atoms with E-state index in [1.807, 2.05) is 0 Å². The molecule has 1 saturated carbocycles. The van der Waals surface area contributed by atoms with Gasteiger partial charge in [0.1, 0.15) is 12.1 Å². The van der Waals surface area contributed by atoms with E-state index >= 15 is 0 Å². The summed E-state index contributed by atoms with van der Waals surface area (Å²) in [6.07, 6.45) is 5.81. The van der Waals surface area contributed by atoms with Gasteiger partial charge in [-0.05, 0) is 31.6 Å². The Morgan fingerprint density at radius 3 is 2.52 bits per heavy atom. The standard InChI is InChI=1S/C16H27NO4/c1-4-11-21-15(19)17-16(9-5-6-10-16)14(18)20-12-7-8-13(2)3/h4,13H,1,5-12H2,2-3H3,(H,17,19). The number of amides is 1. The van der Waals surface area contributed by atoms with Crippen molar-refractivity contribution in [2.45, 2.75) is 57.9 Å². The fraction of sp³-hybridized carbons (Fsp3) is 0.750. The Balaban J connectivity index is 2.48. The van der Waals surface area contributed by atoms with Gasteiger partial charge in [-0.2, -0.15) is 0 Å². The molecule has 120 valence electrons. The Hall–Kier alpha value is -1.52. The highest BCUT2D eigenvalue weighted by molar-refractivity contribution is 5.86. The smallest absolute Gasteiger partial charge is 0.408 e. The lowest BCUT2D eigenvalue weighted by molar-refractivity contribution is -0.151. The first-order valence-electron chi connectivity index (χ1n) is 7.73. The second-order valence-electron chi connectivity index (χ2n) is 5.97. The van der Waals surface area contributed by atoms with Crippen molar-refractivity contribution in [3.8, 4) is 0 Å². The van der Waals surface area contributed by atoms with Crippen LogP contribution in [0, 0.1) is 5.92 Å². The van der Waals surface area contributed by atoms with Crippen molar-refractivity contribution >= 4 is 12.1 Å². The van der Waals surface area contributed by atoms with Crippen LogP contribution in [0.25, 0.3) is 0 Å². The quantitative estimate of drug-likeness (QED) is 0.424. The largest absolute Gasteiger partial charge is 0.464 e. The average Bonchev–Trinajstić information content (AvgIpc) is 2.90. The number of carbonyl (C=O) groups excluding carboxylic acids is 2. The monoisotopic (exact) mass is 297 g/mol. The minimum absolute atomic E-state index is 0.130. The molecule has 1 fully saturated rings. The molecule has 0 aromatic rings. The van der Waals surface area contributed by atoms with Crippen LogP contribution in [0.2, 0.25) is 0 Å². The zero-order valence-corrected chi connectivity index (χ0v) is 13.2. The second-order valence-corrected chi connectivity index (χ2v) is 5.97. The maximum atomic E-state index is 12.3. The van der Waals surface area contributed by atoms with Gasteiger partial charge in [0.15, 0.2) is 0 Å². The molecule has 5 nitrogen and oxygen atoms in total. The molecule has 0 aromatic heterocycles. The number of ether oxygens (including phenoxy) is 2. The molecule has 1 aliphatic rings. The summed E-state index contributed by atoms with van der Waals surface area (Å²) in [6.45, 7) is 8.29. The number of alkyl carbamates (subject to hydrolysis) is 1. The van der Waals surface area contributed by atoms with Gasteiger partial charge in [0, 0.05) is 0 Å². The van der Waals surface area contributed by atoms with E-state index in [1.165, 1.54) is 6.08 Å². The molecular weight excluding hydrogens is 270 g/mol. The highest BCUT2D eigenvalue weighted by Gasteiger charge is 2.44. The first-order valence-corrected chi connectivity index (χ1v) is 7.73. The summed E-state index contributed by atoms with van der Waals surface area (Å²) in [5, 5.41) is 2.69. The highest BCUT2D eigenvalue weighted by Crippen LogP contribution is 2.31. The number of hydrogen-bond acceptors (Lipinski definition) is 4. The van der Waals surface area contributed by atoms with E-state index in [0.29, 0.717) is 25.4 Å². The predicted molar refractivity (Wildman–Crippen MR) is 80.9 cm³/mol. The van der Waals surface area contributed by atoms with Gasteiger partial charge in [-0.25, -0.2) is 9.59 Å². The molecule has 0 aliphatic heterocycles. The Bertz CT molecular complexity index is 359. The van der Waals surface area contributed by atoms with Crippen LogP contribution < -0.4 is 5.32 Å². The molecule has 21 heavy (non-hydrogen) atoms. The van der Waals surface area contributed by atoms with Crippen molar-refractivity contribution in [2.24, 2.45) is 5.92 Å². The summed E-state index contributed by atoms with van der Waals surface area (Å²) in [5.74, 6) is 0.260. The van der Waals surface area contributed by atoms with Crippen molar-refractivity contribution in [2.75, 3.05) is 13.2 Å². The van der Waals surface area contributed by atoms with Crippen LogP contribution in [0.1, 0.15) is 52.4 Å². The zero-order chi connectivity index (χ0) is 15.7. The van der Waals surface area contributed by atoms with E-state index in [0.717, 1.165) is 25.7 Å². The molecule has 1 aliphatic carbocycles. The number of nitrogens with one attached hydrogen (secondary N) is 1. The van der Waals surface area contributed by atoms with Crippen molar-refractivity contribution in [1.29, 1.82) is 0 Å². The minimum Gasteiger partial charge on any atom is -0.464 e. The highest BCUT2D eigenvalue weighted by atomic mass is 16.6. The van der Waals surface area contributed by atoms with Gasteiger partial charge in [0.05, 0.1) is 6.61 Å². The van der Waals surface area contributed by atoms with E-state index in [9.17, 15) is 9.59 Å². The molecule has 1 rings (SSSR count). The van der Waals surface area contributed by atoms with Crippen LogP contribution in [0.4, 0.5) is 4.79 Å². The summed E-state index contributed by atoms with van der Waals surface area (Å²) in [6, 6.07) is 0. The Morgan fingerprint density at radius 1 is 1.29 bits per heavy atom. The summed E-state index contributed by atoms with van der Waals surface area (Å²) in [4.78, 5) is 24.0. The van der Waals surface area contributed by atoms with Gasteiger partial charge in [-0.15, -0.1) is 0 Å². The molecule has 0 aromatic carbocycles. The topological polar surface area (TPSA) is 64.6 Å². The fourth-order valence-corrected chi connectivity index (χ4v) is 2.52. The normalized spacial score (nSPS) is 16.5. The summed E-state index contributed by atoms with van der Waals surface area (Å²) >= 11 is 0. The third-order valence-corrected chi connectivity index (χ3v) is 3.68. The van der Waals surface area contributed by atoms with E-state index in [4.69, 9.17) is 9.47 Å². The van der Waals surface area contributed by atoms with Crippen LogP contribution in [0.15, 0.2) is 12.7 Å². The first-order chi connectivity index (χ1) is 10.00. The average molecular weight is 297 g/mol. The number of hydrogen-bond donors (Lipinski definition) is 1. The molecule has 1 N–H and O–H groups in total. The Labute approximate surface area is 127 Å². The van der Waals surface area contributed by atoms with E-state index in [1.54, 1.807) is 0 Å². The Kier molecular flexibility index (Phi) is 7.26. The zero-order valence-electron chi connectivity index (χ0n) is 13.2. The van der Waals surface area contributed by atoms with Crippen molar-refractivity contribution in [3.63, 3.8) is 0 Å². The third kappa shape index (κ3) is 5.78.